The highest BCUT2D eigenvalue weighted by molar-refractivity contribution is 6.68. The number of ketones is 1. The first-order valence-corrected chi connectivity index (χ1v) is 38.1. The maximum absolute atomic E-state index is 13.3. The number of nitrogens with one attached hydrogen (secondary N) is 3. The number of Topliss-reactive ketones (excluding diaryl/α,β-unsaturated/α-hetero) is 1. The monoisotopic (exact) mass is 1800 g/mol. The molecule has 9 N–H and O–H groups in total. The van der Waals surface area contributed by atoms with Crippen LogP contribution in [-0.4, -0.2) is 90.0 Å². The molecule has 4 aliphatic carbocycles. The summed E-state index contributed by atoms with van der Waals surface area (Å²) < 4.78 is 182. The van der Waals surface area contributed by atoms with Gasteiger partial charge in [0.1, 0.15) is 33.3 Å². The molecule has 0 bridgehead atoms. The highest BCUT2D eigenvalue weighted by atomic mass is 35.5. The fourth-order valence-corrected chi connectivity index (χ4v) is 13.8. The summed E-state index contributed by atoms with van der Waals surface area (Å²) in [4.78, 5) is 91.4. The van der Waals surface area contributed by atoms with Crippen LogP contribution in [0.3, 0.4) is 0 Å². The van der Waals surface area contributed by atoms with Gasteiger partial charge in [0.25, 0.3) is 5.24 Å². The Morgan fingerprint density at radius 3 is 1.03 bits per heavy atom. The molecule has 14 rings (SSSR count). The molecule has 4 aliphatic rings. The molecule has 8 aromatic carbocycles. The SMILES string of the molecule is Cn1c(-c2ccc(F)cc2)cc2cc(CC(=O)c3cc(CNC(=O)C4(C(F)(F)F)CC4)ccc3Cl)ccc21.Cn1c(-c2ccc(F)cc2)cc2cc(N)ccc21.NCc1ccc(Cl)c(C(=O)O)c1.O=C(Cl)C1(C(F)(F)F)CC1.O=C(Cl)c1cc(CNC(=O)C2(C(F)(F)F)CC2)ccc1Cl.O=C(O)c1cc(CNC(=O)C2(C(F)(F)F)CC2)ccc1Cl. The number of nitrogens with zero attached hydrogens (tertiary/aromatic N) is 2. The normalized spacial score (nSPS) is 14.8. The first-order valence-electron chi connectivity index (χ1n) is 35.8. The smallest absolute Gasteiger partial charge is 0.403 e. The lowest BCUT2D eigenvalue weighted by molar-refractivity contribution is -0.193. The zero-order valence-corrected chi connectivity index (χ0v) is 67.2. The maximum atomic E-state index is 13.3. The molecule has 120 heavy (non-hydrogen) atoms. The van der Waals surface area contributed by atoms with E-state index in [1.807, 2.05) is 61.1 Å². The van der Waals surface area contributed by atoms with E-state index in [0.717, 1.165) is 61.1 Å². The number of amides is 3. The van der Waals surface area contributed by atoms with Crippen molar-refractivity contribution in [2.45, 2.75) is 109 Å². The molecule has 2 aromatic heterocycles. The molecule has 0 aliphatic heterocycles. The van der Waals surface area contributed by atoms with Gasteiger partial charge in [0, 0.05) is 91.1 Å². The Balaban J connectivity index is 0.000000173. The Labute approximate surface area is 704 Å². The molecule has 17 nitrogen and oxygen atoms in total. The molecule has 4 fully saturated rings. The van der Waals surface area contributed by atoms with E-state index in [4.69, 9.17) is 91.3 Å². The van der Waals surface area contributed by atoms with Crippen LogP contribution >= 0.6 is 69.6 Å². The summed E-state index contributed by atoms with van der Waals surface area (Å²) in [6, 6.07) is 45.8. The molecular formula is C83H69Cl6F14N7O10. The average molecular weight is 1800 g/mol. The van der Waals surface area contributed by atoms with Gasteiger partial charge in [-0.1, -0.05) is 76.7 Å². The van der Waals surface area contributed by atoms with Crippen LogP contribution in [0, 0.1) is 33.3 Å². The van der Waals surface area contributed by atoms with Gasteiger partial charge in [0.05, 0.1) is 36.8 Å². The van der Waals surface area contributed by atoms with Crippen molar-refractivity contribution < 1.29 is 110 Å². The Hall–Kier alpha value is -10.3. The van der Waals surface area contributed by atoms with Crippen LogP contribution in [0.15, 0.2) is 170 Å². The molecule has 0 radical (unpaired) electrons. The standard InChI is InChI=1S/C29H23ClF4N2O2.C15H13FN2.C13H10Cl2F3NO2.C13H11ClF3NO3.C8H8ClNO2.C5H4ClF3O/c1-36-24-9-3-17(12-20(24)15-25(36)19-4-6-21(31)7-5-19)14-26(37)22-13-18(2-8-23(22)30)16-35-27(38)28(10-11-28)29(32,33)34;1-18-14-7-6-13(17)8-11(14)9-15(18)10-2-4-12(16)5-3-10;14-9-2-1-7(5-8(9)10(15)20)6-19-11(21)12(3-4-12)13(16,17)18;14-9-2-1-7(5-8(9)10(19)20)6-18-11(21)12(3-4-12)13(15,16)17;9-7-2-1-5(4-10)3-6(7)8(11)12;6-3(10)4(1-2-4)5(7,8)9/h2-9,12-13,15H,10-11,14,16H2,1H3,(H,35,38);2-9H,17H2,1H3;1-2,5H,3-4,6H2,(H,19,21);1-2,5H,3-4,6H2,(H,18,21)(H,19,20);1-3H,4,10H2,(H,11,12);1-2H2. The zero-order valence-electron chi connectivity index (χ0n) is 62.6. The summed E-state index contributed by atoms with van der Waals surface area (Å²) in [5.41, 5.74) is 11.7. The van der Waals surface area contributed by atoms with Crippen LogP contribution in [-0.2, 0) is 65.9 Å². The van der Waals surface area contributed by atoms with Crippen LogP contribution in [0.1, 0.15) is 121 Å². The number of benzene rings is 8. The number of nitrogens with two attached hydrogens (primary N) is 2. The number of rotatable bonds is 19. The predicted octanol–water partition coefficient (Wildman–Crippen LogP) is 20.9. The van der Waals surface area contributed by atoms with Gasteiger partial charge in [0.2, 0.25) is 23.0 Å². The number of carbonyl (C=O) groups is 8. The van der Waals surface area contributed by atoms with E-state index in [-0.39, 0.29) is 137 Å². The number of alkyl halides is 12. The Bertz CT molecular complexity index is 5460. The van der Waals surface area contributed by atoms with Crippen LogP contribution in [0.5, 0.6) is 0 Å². The van der Waals surface area contributed by atoms with Crippen molar-refractivity contribution >= 4 is 143 Å². The van der Waals surface area contributed by atoms with Crippen molar-refractivity contribution in [1.29, 1.82) is 0 Å². The summed E-state index contributed by atoms with van der Waals surface area (Å²) in [5, 5.41) is 24.9. The molecule has 0 unspecified atom stereocenters. The Kier molecular flexibility index (Phi) is 29.1. The molecule has 2 heterocycles. The van der Waals surface area contributed by atoms with Gasteiger partial charge in [-0.3, -0.25) is 28.8 Å². The van der Waals surface area contributed by atoms with E-state index in [0.29, 0.717) is 23.2 Å². The maximum Gasteiger partial charge on any atom is 0.403 e. The number of aryl methyl sites for hydroxylation is 2. The fraction of sp³-hybridized carbons (Fsp3) is 0.277. The number of aromatic nitrogens is 2. The molecule has 10 aromatic rings. The lowest BCUT2D eigenvalue weighted by atomic mass is 10.00. The summed E-state index contributed by atoms with van der Waals surface area (Å²) in [7, 11) is 3.91. The van der Waals surface area contributed by atoms with Crippen LogP contribution in [0.25, 0.3) is 44.3 Å². The predicted molar refractivity (Wildman–Crippen MR) is 424 cm³/mol. The number of hydrogen-bond donors (Lipinski definition) is 7. The molecule has 4 saturated carbocycles. The van der Waals surface area contributed by atoms with Crippen molar-refractivity contribution in [3.05, 3.63) is 252 Å². The molecule has 37 heteroatoms. The minimum atomic E-state index is -4.59. The number of carboxylic acid groups (broad SMARTS) is 2. The topological polar surface area (TPSA) is 275 Å². The van der Waals surface area contributed by atoms with Crippen molar-refractivity contribution in [3.8, 4) is 22.5 Å². The molecule has 636 valence electrons. The van der Waals surface area contributed by atoms with Gasteiger partial charge in [-0.15, -0.1) is 0 Å². The highest BCUT2D eigenvalue weighted by Crippen LogP contribution is 2.61. The third-order valence-electron chi connectivity index (χ3n) is 20.4. The first-order chi connectivity index (χ1) is 56.0. The Morgan fingerprint density at radius 1 is 0.400 bits per heavy atom. The third kappa shape index (κ3) is 21.9. The lowest BCUT2D eigenvalue weighted by Gasteiger charge is -2.18. The zero-order chi connectivity index (χ0) is 88.7. The van der Waals surface area contributed by atoms with Crippen LogP contribution < -0.4 is 27.4 Å². The second-order valence-corrected chi connectivity index (χ2v) is 30.8. The average Bonchev–Trinajstić information content (AvgIpc) is 1.58. The number of hydrogen-bond acceptors (Lipinski definition) is 10. The molecule has 0 saturated heterocycles. The van der Waals surface area contributed by atoms with E-state index in [1.54, 1.807) is 36.4 Å². The molecule has 3 amide bonds. The number of anilines is 1. The lowest BCUT2D eigenvalue weighted by Crippen LogP contribution is -2.40. The van der Waals surface area contributed by atoms with E-state index >= 15 is 0 Å². The Morgan fingerprint density at radius 2 is 0.708 bits per heavy atom. The van der Waals surface area contributed by atoms with Gasteiger partial charge < -0.3 is 46.8 Å². The van der Waals surface area contributed by atoms with Crippen molar-refractivity contribution in [2.75, 3.05) is 5.73 Å². The van der Waals surface area contributed by atoms with Gasteiger partial charge in [-0.2, -0.15) is 52.7 Å². The minimum absolute atomic E-state index is 0.0199. The number of halogens is 20. The quantitative estimate of drug-likeness (QED) is 0.0172. The molecular weight excluding hydrogens is 1730 g/mol. The summed E-state index contributed by atoms with van der Waals surface area (Å²) in [6.45, 7) is -0.146. The van der Waals surface area contributed by atoms with Gasteiger partial charge in [-0.25, -0.2) is 18.4 Å². The largest absolute Gasteiger partial charge is 0.478 e. The molecule has 0 atom stereocenters. The van der Waals surface area contributed by atoms with Crippen LogP contribution in [0.4, 0.5) is 67.2 Å². The summed E-state index contributed by atoms with van der Waals surface area (Å²) >= 11 is 33.4. The third-order valence-corrected chi connectivity index (χ3v) is 22.2. The number of fused-ring (bicyclic) bond motifs is 2. The van der Waals surface area contributed by atoms with Gasteiger partial charge in [0.15, 0.2) is 5.78 Å². The second kappa shape index (κ2) is 37.4. The number of nitrogen functional groups attached to an aromatic ring is 1. The summed E-state index contributed by atoms with van der Waals surface area (Å²) in [5.74, 6) is -6.26. The minimum Gasteiger partial charge on any atom is -0.478 e. The van der Waals surface area contributed by atoms with Crippen LogP contribution in [0.2, 0.25) is 20.1 Å². The van der Waals surface area contributed by atoms with Crippen molar-refractivity contribution in [2.24, 2.45) is 41.5 Å². The van der Waals surface area contributed by atoms with E-state index in [2.05, 4.69) is 26.6 Å². The van der Waals surface area contributed by atoms with E-state index < -0.39 is 86.5 Å². The summed E-state index contributed by atoms with van der Waals surface area (Å²) in [6.07, 6.45) is -19.7. The second-order valence-electron chi connectivity index (χ2n) is 28.5. The van der Waals surface area contributed by atoms with E-state index in [9.17, 15) is 99.8 Å². The molecule has 0 spiro atoms. The van der Waals surface area contributed by atoms with Gasteiger partial charge >= 0.3 is 36.6 Å². The number of carbonyl (C=O) groups excluding carboxylic acids is 6. The van der Waals surface area contributed by atoms with E-state index in [1.165, 1.54) is 84.9 Å². The fourth-order valence-electron chi connectivity index (χ4n) is 12.5. The van der Waals surface area contributed by atoms with Crippen molar-refractivity contribution in [1.82, 2.24) is 25.1 Å². The first kappa shape index (κ1) is 93.6. The number of carboxylic acids is 2. The number of aromatic carboxylic acids is 2. The highest BCUT2D eigenvalue weighted by Gasteiger charge is 2.71. The van der Waals surface area contributed by atoms with Crippen molar-refractivity contribution in [3.63, 3.8) is 0 Å². The van der Waals surface area contributed by atoms with Gasteiger partial charge in [-0.05, 0) is 253 Å².